The van der Waals surface area contributed by atoms with Crippen molar-refractivity contribution in [1.29, 1.82) is 0 Å². The first kappa shape index (κ1) is 13.4. The van der Waals surface area contributed by atoms with Crippen molar-refractivity contribution in [2.75, 3.05) is 17.7 Å². The number of hydrogen-bond donors (Lipinski definition) is 2. The molecule has 1 fully saturated rings. The Kier molecular flexibility index (Phi) is 3.68. The van der Waals surface area contributed by atoms with Crippen molar-refractivity contribution in [2.24, 2.45) is 5.92 Å². The highest BCUT2D eigenvalue weighted by atomic mass is 16.5. The SMILES string of the molecule is COc1ccccc1Nc1ccc(NC(=O)C2CC2)nn1. The zero-order valence-electron chi connectivity index (χ0n) is 11.7. The third kappa shape index (κ3) is 3.28. The third-order valence-corrected chi connectivity index (χ3v) is 3.23. The van der Waals surface area contributed by atoms with Gasteiger partial charge in [-0.3, -0.25) is 4.79 Å². The van der Waals surface area contributed by atoms with Gasteiger partial charge in [-0.1, -0.05) is 12.1 Å². The first-order chi connectivity index (χ1) is 10.3. The van der Waals surface area contributed by atoms with Gasteiger partial charge in [0, 0.05) is 5.92 Å². The highest BCUT2D eigenvalue weighted by Gasteiger charge is 2.29. The van der Waals surface area contributed by atoms with E-state index in [-0.39, 0.29) is 11.8 Å². The normalized spacial score (nSPS) is 13.6. The van der Waals surface area contributed by atoms with Crippen LogP contribution in [-0.4, -0.2) is 23.2 Å². The fourth-order valence-corrected chi connectivity index (χ4v) is 1.93. The van der Waals surface area contributed by atoms with Crippen molar-refractivity contribution in [3.63, 3.8) is 0 Å². The van der Waals surface area contributed by atoms with E-state index in [2.05, 4.69) is 20.8 Å². The van der Waals surface area contributed by atoms with Crippen LogP contribution in [0, 0.1) is 5.92 Å². The monoisotopic (exact) mass is 284 g/mol. The number of ether oxygens (including phenoxy) is 1. The molecule has 2 aromatic rings. The number of carbonyl (C=O) groups is 1. The summed E-state index contributed by atoms with van der Waals surface area (Å²) >= 11 is 0. The summed E-state index contributed by atoms with van der Waals surface area (Å²) in [5.41, 5.74) is 0.809. The number of hydrogen-bond acceptors (Lipinski definition) is 5. The minimum Gasteiger partial charge on any atom is -0.495 e. The molecule has 1 aromatic carbocycles. The highest BCUT2D eigenvalue weighted by molar-refractivity contribution is 5.93. The average Bonchev–Trinajstić information content (AvgIpc) is 3.34. The first-order valence-corrected chi connectivity index (χ1v) is 6.81. The zero-order chi connectivity index (χ0) is 14.7. The summed E-state index contributed by atoms with van der Waals surface area (Å²) in [6.07, 6.45) is 1.93. The Morgan fingerprint density at radius 2 is 1.86 bits per heavy atom. The van der Waals surface area contributed by atoms with Gasteiger partial charge in [0.25, 0.3) is 0 Å². The molecule has 108 valence electrons. The van der Waals surface area contributed by atoms with Crippen molar-refractivity contribution in [3.8, 4) is 5.75 Å². The number of aromatic nitrogens is 2. The molecule has 0 unspecified atom stereocenters. The molecular formula is C15H16N4O2. The minimum absolute atomic E-state index is 0.0229. The van der Waals surface area contributed by atoms with E-state index in [9.17, 15) is 4.79 Å². The number of methoxy groups -OCH3 is 1. The van der Waals surface area contributed by atoms with Crippen LogP contribution in [0.5, 0.6) is 5.75 Å². The fourth-order valence-electron chi connectivity index (χ4n) is 1.93. The topological polar surface area (TPSA) is 76.1 Å². The number of carbonyl (C=O) groups excluding carboxylic acids is 1. The molecule has 1 amide bonds. The van der Waals surface area contributed by atoms with Crippen LogP contribution < -0.4 is 15.4 Å². The minimum atomic E-state index is 0.0229. The Hall–Kier alpha value is -2.63. The van der Waals surface area contributed by atoms with E-state index in [0.29, 0.717) is 11.6 Å². The lowest BCUT2D eigenvalue weighted by Crippen LogP contribution is -2.14. The largest absolute Gasteiger partial charge is 0.495 e. The van der Waals surface area contributed by atoms with E-state index in [4.69, 9.17) is 4.74 Å². The molecular weight excluding hydrogens is 268 g/mol. The molecule has 6 nitrogen and oxygen atoms in total. The van der Waals surface area contributed by atoms with Crippen LogP contribution in [0.2, 0.25) is 0 Å². The lowest BCUT2D eigenvalue weighted by atomic mass is 10.3. The molecule has 0 atom stereocenters. The number of rotatable bonds is 5. The smallest absolute Gasteiger partial charge is 0.228 e. The van der Waals surface area contributed by atoms with E-state index in [1.54, 1.807) is 19.2 Å². The molecule has 6 heteroatoms. The molecule has 1 heterocycles. The summed E-state index contributed by atoms with van der Waals surface area (Å²) in [5, 5.41) is 13.9. The summed E-state index contributed by atoms with van der Waals surface area (Å²) in [6.45, 7) is 0. The van der Waals surface area contributed by atoms with E-state index < -0.39 is 0 Å². The van der Waals surface area contributed by atoms with Gasteiger partial charge in [0.1, 0.15) is 5.75 Å². The van der Waals surface area contributed by atoms with Crippen LogP contribution in [0.15, 0.2) is 36.4 Å². The second-order valence-electron chi connectivity index (χ2n) is 4.89. The van der Waals surface area contributed by atoms with E-state index in [1.807, 2.05) is 24.3 Å². The predicted octanol–water partition coefficient (Wildman–Crippen LogP) is 2.58. The Balaban J connectivity index is 1.67. The van der Waals surface area contributed by atoms with Crippen molar-refractivity contribution in [3.05, 3.63) is 36.4 Å². The van der Waals surface area contributed by atoms with Gasteiger partial charge in [-0.15, -0.1) is 10.2 Å². The molecule has 3 rings (SSSR count). The molecule has 1 saturated carbocycles. The number of amides is 1. The summed E-state index contributed by atoms with van der Waals surface area (Å²) in [6, 6.07) is 11.0. The Morgan fingerprint density at radius 1 is 1.14 bits per heavy atom. The average molecular weight is 284 g/mol. The zero-order valence-corrected chi connectivity index (χ0v) is 11.7. The van der Waals surface area contributed by atoms with Gasteiger partial charge >= 0.3 is 0 Å². The van der Waals surface area contributed by atoms with Crippen LogP contribution >= 0.6 is 0 Å². The lowest BCUT2D eigenvalue weighted by molar-refractivity contribution is -0.117. The number of para-hydroxylation sites is 2. The summed E-state index contributed by atoms with van der Waals surface area (Å²) < 4.78 is 5.26. The number of nitrogens with zero attached hydrogens (tertiary/aromatic N) is 2. The standard InChI is InChI=1S/C15H16N4O2/c1-21-12-5-3-2-4-11(12)16-13-8-9-14(19-18-13)17-15(20)10-6-7-10/h2-5,8-10H,6-7H2,1H3,(H,16,18)(H,17,19,20). The third-order valence-electron chi connectivity index (χ3n) is 3.23. The molecule has 1 aliphatic carbocycles. The van der Waals surface area contributed by atoms with E-state index >= 15 is 0 Å². The quantitative estimate of drug-likeness (QED) is 0.882. The van der Waals surface area contributed by atoms with Gasteiger partial charge in [-0.25, -0.2) is 0 Å². The molecule has 0 aliphatic heterocycles. The second-order valence-corrected chi connectivity index (χ2v) is 4.89. The maximum absolute atomic E-state index is 11.6. The molecule has 0 radical (unpaired) electrons. The van der Waals surface area contributed by atoms with Crippen LogP contribution in [0.3, 0.4) is 0 Å². The molecule has 0 bridgehead atoms. The summed E-state index contributed by atoms with van der Waals surface area (Å²) in [5.74, 6) is 1.96. The van der Waals surface area contributed by atoms with Crippen molar-refractivity contribution in [2.45, 2.75) is 12.8 Å². The Bertz CT molecular complexity index is 638. The molecule has 0 saturated heterocycles. The second kappa shape index (κ2) is 5.78. The Morgan fingerprint density at radius 3 is 2.52 bits per heavy atom. The number of nitrogens with one attached hydrogen (secondary N) is 2. The van der Waals surface area contributed by atoms with E-state index in [0.717, 1.165) is 24.3 Å². The van der Waals surface area contributed by atoms with Gasteiger partial charge in [-0.05, 0) is 37.1 Å². The van der Waals surface area contributed by atoms with Crippen molar-refractivity contribution in [1.82, 2.24) is 10.2 Å². The maximum Gasteiger partial charge on any atom is 0.228 e. The van der Waals surface area contributed by atoms with Crippen LogP contribution in [0.1, 0.15) is 12.8 Å². The van der Waals surface area contributed by atoms with Crippen molar-refractivity contribution >= 4 is 23.2 Å². The highest BCUT2D eigenvalue weighted by Crippen LogP contribution is 2.30. The van der Waals surface area contributed by atoms with Crippen molar-refractivity contribution < 1.29 is 9.53 Å². The van der Waals surface area contributed by atoms with Gasteiger partial charge in [0.15, 0.2) is 11.6 Å². The lowest BCUT2D eigenvalue weighted by Gasteiger charge is -2.10. The van der Waals surface area contributed by atoms with Crippen LogP contribution in [0.4, 0.5) is 17.3 Å². The molecule has 1 aliphatic rings. The number of benzene rings is 1. The summed E-state index contributed by atoms with van der Waals surface area (Å²) in [4.78, 5) is 11.6. The van der Waals surface area contributed by atoms with Gasteiger partial charge in [0.2, 0.25) is 5.91 Å². The Labute approximate surface area is 122 Å². The summed E-state index contributed by atoms with van der Waals surface area (Å²) in [7, 11) is 1.61. The molecule has 0 spiro atoms. The van der Waals surface area contributed by atoms with Crippen LogP contribution in [0.25, 0.3) is 0 Å². The van der Waals surface area contributed by atoms with Gasteiger partial charge < -0.3 is 15.4 Å². The predicted molar refractivity (Wildman–Crippen MR) is 79.7 cm³/mol. The molecule has 1 aromatic heterocycles. The van der Waals surface area contributed by atoms with E-state index in [1.165, 1.54) is 0 Å². The molecule has 21 heavy (non-hydrogen) atoms. The first-order valence-electron chi connectivity index (χ1n) is 6.81. The maximum atomic E-state index is 11.6. The van der Waals surface area contributed by atoms with Gasteiger partial charge in [0.05, 0.1) is 12.8 Å². The van der Waals surface area contributed by atoms with Gasteiger partial charge in [-0.2, -0.15) is 0 Å². The fraction of sp³-hybridized carbons (Fsp3) is 0.267. The molecule has 2 N–H and O–H groups in total. The number of anilines is 3. The van der Waals surface area contributed by atoms with Crippen LogP contribution in [-0.2, 0) is 4.79 Å².